The Morgan fingerprint density at radius 2 is 1.78 bits per heavy atom. The maximum absolute atomic E-state index is 11.8. The number of hydrogen-bond donors (Lipinski definition) is 3. The molecule has 2 amide bonds. The number of nitrogens with one attached hydrogen (secondary N) is 2. The molecule has 0 atom stereocenters. The van der Waals surface area contributed by atoms with Crippen molar-refractivity contribution in [1.29, 1.82) is 0 Å². The fourth-order valence-corrected chi connectivity index (χ4v) is 2.42. The topological polar surface area (TPSA) is 95.5 Å². The highest BCUT2D eigenvalue weighted by atomic mass is 32.2. The molecule has 0 aliphatic rings. The summed E-state index contributed by atoms with van der Waals surface area (Å²) in [6.45, 7) is 4.32. The number of amides is 2. The minimum atomic E-state index is -0.878. The molecular formula is C16H22N2O4S. The molecule has 1 rings (SSSR count). The van der Waals surface area contributed by atoms with Crippen molar-refractivity contribution in [2.75, 3.05) is 23.4 Å². The fraction of sp³-hybridized carbons (Fsp3) is 0.438. The first kappa shape index (κ1) is 19.0. The predicted octanol–water partition coefficient (Wildman–Crippen LogP) is 1.96. The second-order valence-corrected chi connectivity index (χ2v) is 6.17. The number of carboxylic acids is 1. The van der Waals surface area contributed by atoms with Crippen LogP contribution in [0.1, 0.15) is 24.0 Å². The molecule has 0 aliphatic carbocycles. The molecule has 0 aliphatic heterocycles. The Hall–Kier alpha value is -2.02. The first-order valence-electron chi connectivity index (χ1n) is 7.32. The van der Waals surface area contributed by atoms with Crippen molar-refractivity contribution >= 4 is 35.2 Å². The first-order valence-corrected chi connectivity index (χ1v) is 8.47. The lowest BCUT2D eigenvalue weighted by Crippen LogP contribution is -2.27. The maximum atomic E-state index is 11.8. The molecular weight excluding hydrogens is 316 g/mol. The van der Waals surface area contributed by atoms with Gasteiger partial charge in [0.05, 0.1) is 11.5 Å². The highest BCUT2D eigenvalue weighted by molar-refractivity contribution is 8.00. The predicted molar refractivity (Wildman–Crippen MR) is 91.8 cm³/mol. The minimum Gasteiger partial charge on any atom is -0.481 e. The SMILES string of the molecule is Cc1ccc(NC(=O)CSCC(=O)NCCCC(=O)O)cc1C. The van der Waals surface area contributed by atoms with E-state index in [0.717, 1.165) is 16.8 Å². The van der Waals surface area contributed by atoms with E-state index in [0.29, 0.717) is 13.0 Å². The molecule has 0 saturated heterocycles. The molecule has 0 saturated carbocycles. The zero-order valence-corrected chi connectivity index (χ0v) is 14.2. The van der Waals surface area contributed by atoms with Crippen molar-refractivity contribution in [1.82, 2.24) is 5.32 Å². The second-order valence-electron chi connectivity index (χ2n) is 5.19. The third-order valence-electron chi connectivity index (χ3n) is 3.15. The Labute approximate surface area is 140 Å². The van der Waals surface area contributed by atoms with Gasteiger partial charge in [-0.1, -0.05) is 6.07 Å². The number of aliphatic carboxylic acids is 1. The van der Waals surface area contributed by atoms with E-state index in [9.17, 15) is 14.4 Å². The average molecular weight is 338 g/mol. The number of rotatable bonds is 9. The van der Waals surface area contributed by atoms with E-state index in [-0.39, 0.29) is 29.7 Å². The molecule has 126 valence electrons. The number of anilines is 1. The third kappa shape index (κ3) is 8.25. The molecule has 1 aromatic carbocycles. The summed E-state index contributed by atoms with van der Waals surface area (Å²) in [7, 11) is 0. The van der Waals surface area contributed by atoms with E-state index in [2.05, 4.69) is 10.6 Å². The molecule has 0 spiro atoms. The van der Waals surface area contributed by atoms with Crippen molar-refractivity contribution in [2.24, 2.45) is 0 Å². The zero-order valence-electron chi connectivity index (χ0n) is 13.3. The van der Waals surface area contributed by atoms with Crippen LogP contribution >= 0.6 is 11.8 Å². The Morgan fingerprint density at radius 3 is 2.43 bits per heavy atom. The average Bonchev–Trinajstić information content (AvgIpc) is 2.47. The number of benzene rings is 1. The van der Waals surface area contributed by atoms with Crippen LogP contribution in [-0.4, -0.2) is 40.9 Å². The Kier molecular flexibility index (Phi) is 8.18. The van der Waals surface area contributed by atoms with Gasteiger partial charge in [-0.25, -0.2) is 0 Å². The lowest BCUT2D eigenvalue weighted by atomic mass is 10.1. The van der Waals surface area contributed by atoms with Gasteiger partial charge in [0.2, 0.25) is 11.8 Å². The van der Waals surface area contributed by atoms with Crippen molar-refractivity contribution in [3.63, 3.8) is 0 Å². The number of thioether (sulfide) groups is 1. The largest absolute Gasteiger partial charge is 0.481 e. The van der Waals surface area contributed by atoms with Crippen molar-refractivity contribution in [3.05, 3.63) is 29.3 Å². The molecule has 23 heavy (non-hydrogen) atoms. The standard InChI is InChI=1S/C16H22N2O4S/c1-11-5-6-13(8-12(11)2)18-15(20)10-23-9-14(19)17-7-3-4-16(21)22/h5-6,8H,3-4,7,9-10H2,1-2H3,(H,17,19)(H,18,20)(H,21,22). The van der Waals surface area contributed by atoms with E-state index in [1.165, 1.54) is 11.8 Å². The molecule has 0 bridgehead atoms. The quantitative estimate of drug-likeness (QED) is 0.598. The monoisotopic (exact) mass is 338 g/mol. The van der Waals surface area contributed by atoms with Gasteiger partial charge in [0.1, 0.15) is 0 Å². The summed E-state index contributed by atoms with van der Waals surface area (Å²) in [5.41, 5.74) is 3.02. The van der Waals surface area contributed by atoms with E-state index in [1.54, 1.807) is 0 Å². The van der Waals surface area contributed by atoms with Crippen LogP contribution in [0.15, 0.2) is 18.2 Å². The molecule has 0 radical (unpaired) electrons. The molecule has 0 heterocycles. The number of aryl methyl sites for hydroxylation is 2. The Morgan fingerprint density at radius 1 is 1.09 bits per heavy atom. The minimum absolute atomic E-state index is 0.0335. The first-order chi connectivity index (χ1) is 10.9. The van der Waals surface area contributed by atoms with Crippen LogP contribution in [0, 0.1) is 13.8 Å². The van der Waals surface area contributed by atoms with Gasteiger partial charge in [-0.15, -0.1) is 11.8 Å². The van der Waals surface area contributed by atoms with Gasteiger partial charge in [-0.3, -0.25) is 14.4 Å². The Bertz CT molecular complexity index is 575. The van der Waals surface area contributed by atoms with Gasteiger partial charge in [-0.05, 0) is 43.5 Å². The maximum Gasteiger partial charge on any atom is 0.303 e. The summed E-state index contributed by atoms with van der Waals surface area (Å²) in [5, 5.41) is 13.9. The molecule has 0 fully saturated rings. The second kappa shape index (κ2) is 9.89. The van der Waals surface area contributed by atoms with Crippen LogP contribution in [0.2, 0.25) is 0 Å². The lowest BCUT2D eigenvalue weighted by Gasteiger charge is -2.08. The molecule has 0 unspecified atom stereocenters. The summed E-state index contributed by atoms with van der Waals surface area (Å²) in [6.07, 6.45) is 0.435. The van der Waals surface area contributed by atoms with Gasteiger partial charge in [0.25, 0.3) is 0 Å². The molecule has 3 N–H and O–H groups in total. The van der Waals surface area contributed by atoms with Gasteiger partial charge in [0.15, 0.2) is 0 Å². The number of carbonyl (C=O) groups excluding carboxylic acids is 2. The number of carbonyl (C=O) groups is 3. The summed E-state index contributed by atoms with van der Waals surface area (Å²) < 4.78 is 0. The summed E-state index contributed by atoms with van der Waals surface area (Å²) in [4.78, 5) is 33.6. The van der Waals surface area contributed by atoms with Crippen LogP contribution in [0.4, 0.5) is 5.69 Å². The highest BCUT2D eigenvalue weighted by Gasteiger charge is 2.07. The smallest absolute Gasteiger partial charge is 0.303 e. The molecule has 7 heteroatoms. The van der Waals surface area contributed by atoms with E-state index >= 15 is 0 Å². The van der Waals surface area contributed by atoms with Gasteiger partial charge >= 0.3 is 5.97 Å². The van der Waals surface area contributed by atoms with Crippen molar-refractivity contribution in [3.8, 4) is 0 Å². The zero-order chi connectivity index (χ0) is 17.2. The molecule has 1 aromatic rings. The van der Waals surface area contributed by atoms with Crippen LogP contribution in [0.25, 0.3) is 0 Å². The normalized spacial score (nSPS) is 10.2. The third-order valence-corrected chi connectivity index (χ3v) is 4.08. The van der Waals surface area contributed by atoms with Crippen molar-refractivity contribution in [2.45, 2.75) is 26.7 Å². The van der Waals surface area contributed by atoms with E-state index < -0.39 is 5.97 Å². The van der Waals surface area contributed by atoms with E-state index in [4.69, 9.17) is 5.11 Å². The van der Waals surface area contributed by atoms with Gasteiger partial charge in [-0.2, -0.15) is 0 Å². The number of carboxylic acid groups (broad SMARTS) is 1. The van der Waals surface area contributed by atoms with E-state index in [1.807, 2.05) is 32.0 Å². The summed E-state index contributed by atoms with van der Waals surface area (Å²) >= 11 is 1.22. The fourth-order valence-electron chi connectivity index (χ4n) is 1.77. The van der Waals surface area contributed by atoms with Crippen LogP contribution < -0.4 is 10.6 Å². The molecule has 0 aromatic heterocycles. The summed E-state index contributed by atoms with van der Waals surface area (Å²) in [6, 6.07) is 5.70. The van der Waals surface area contributed by atoms with Crippen LogP contribution in [0.3, 0.4) is 0 Å². The van der Waals surface area contributed by atoms with Gasteiger partial charge in [0, 0.05) is 18.7 Å². The molecule has 6 nitrogen and oxygen atoms in total. The summed E-state index contributed by atoms with van der Waals surface area (Å²) in [5.74, 6) is -0.865. The highest BCUT2D eigenvalue weighted by Crippen LogP contribution is 2.14. The van der Waals surface area contributed by atoms with Crippen LogP contribution in [0.5, 0.6) is 0 Å². The van der Waals surface area contributed by atoms with Crippen molar-refractivity contribution < 1.29 is 19.5 Å². The number of hydrogen-bond acceptors (Lipinski definition) is 4. The van der Waals surface area contributed by atoms with Crippen LogP contribution in [-0.2, 0) is 14.4 Å². The van der Waals surface area contributed by atoms with Gasteiger partial charge < -0.3 is 15.7 Å². The lowest BCUT2D eigenvalue weighted by molar-refractivity contribution is -0.137. The Balaban J connectivity index is 2.19.